The molecule has 0 aromatic heterocycles. The van der Waals surface area contributed by atoms with E-state index in [4.69, 9.17) is 4.74 Å². The van der Waals surface area contributed by atoms with Crippen molar-refractivity contribution in [1.29, 1.82) is 0 Å². The van der Waals surface area contributed by atoms with Gasteiger partial charge in [-0.15, -0.1) is 0 Å². The van der Waals surface area contributed by atoms with Gasteiger partial charge in [0.25, 0.3) is 0 Å². The van der Waals surface area contributed by atoms with Crippen LogP contribution in [0.25, 0.3) is 0 Å². The van der Waals surface area contributed by atoms with E-state index in [0.29, 0.717) is 18.4 Å². The van der Waals surface area contributed by atoms with Crippen LogP contribution in [0, 0.1) is 15.5 Å². The summed E-state index contributed by atoms with van der Waals surface area (Å²) in [6, 6.07) is 5.44. The molecule has 0 bridgehead atoms. The first kappa shape index (κ1) is 17.4. The SMILES string of the molecule is CCNC(Cc1ccc([N+](=O)[O-])c(OCC)c1)C(C)(C)C. The van der Waals surface area contributed by atoms with Gasteiger partial charge in [-0.2, -0.15) is 0 Å². The fraction of sp³-hybridized carbons (Fsp3) is 0.625. The van der Waals surface area contributed by atoms with Gasteiger partial charge in [-0.05, 0) is 36.9 Å². The van der Waals surface area contributed by atoms with Crippen molar-refractivity contribution in [3.63, 3.8) is 0 Å². The number of hydrogen-bond donors (Lipinski definition) is 1. The first-order valence-corrected chi connectivity index (χ1v) is 7.43. The molecule has 0 amide bonds. The number of nitrogens with zero attached hydrogens (tertiary/aromatic N) is 1. The first-order chi connectivity index (χ1) is 9.79. The van der Waals surface area contributed by atoms with E-state index in [9.17, 15) is 10.1 Å². The Morgan fingerprint density at radius 3 is 2.48 bits per heavy atom. The Balaban J connectivity index is 3.02. The van der Waals surface area contributed by atoms with E-state index in [1.165, 1.54) is 6.07 Å². The van der Waals surface area contributed by atoms with Gasteiger partial charge in [0.05, 0.1) is 11.5 Å². The number of benzene rings is 1. The van der Waals surface area contributed by atoms with Gasteiger partial charge in [0.15, 0.2) is 5.75 Å². The molecule has 1 aromatic carbocycles. The van der Waals surface area contributed by atoms with Crippen molar-refractivity contribution in [3.05, 3.63) is 33.9 Å². The van der Waals surface area contributed by atoms with Gasteiger partial charge in [-0.3, -0.25) is 10.1 Å². The van der Waals surface area contributed by atoms with E-state index < -0.39 is 4.92 Å². The summed E-state index contributed by atoms with van der Waals surface area (Å²) < 4.78 is 5.40. The van der Waals surface area contributed by atoms with Crippen LogP contribution in [-0.2, 0) is 6.42 Å². The van der Waals surface area contributed by atoms with Crippen LogP contribution in [0.1, 0.15) is 40.2 Å². The van der Waals surface area contributed by atoms with Gasteiger partial charge in [0.2, 0.25) is 0 Å². The van der Waals surface area contributed by atoms with Crippen LogP contribution in [0.2, 0.25) is 0 Å². The van der Waals surface area contributed by atoms with Crippen LogP contribution in [-0.4, -0.2) is 24.1 Å². The molecule has 5 nitrogen and oxygen atoms in total. The Hall–Kier alpha value is -1.62. The zero-order chi connectivity index (χ0) is 16.0. The highest BCUT2D eigenvalue weighted by atomic mass is 16.6. The molecule has 1 rings (SSSR count). The number of rotatable bonds is 7. The molecular weight excluding hydrogens is 268 g/mol. The average molecular weight is 294 g/mol. The molecule has 0 saturated carbocycles. The molecule has 0 aliphatic rings. The van der Waals surface area contributed by atoms with Crippen LogP contribution >= 0.6 is 0 Å². The Kier molecular flexibility index (Phi) is 6.15. The molecule has 0 aliphatic carbocycles. The maximum absolute atomic E-state index is 11.0. The van der Waals surface area contributed by atoms with Crippen molar-refractivity contribution in [1.82, 2.24) is 5.32 Å². The van der Waals surface area contributed by atoms with Gasteiger partial charge >= 0.3 is 5.69 Å². The Bertz CT molecular complexity index is 481. The minimum Gasteiger partial charge on any atom is -0.487 e. The van der Waals surface area contributed by atoms with E-state index in [0.717, 1.165) is 18.5 Å². The fourth-order valence-electron chi connectivity index (χ4n) is 2.27. The number of nitro groups is 1. The van der Waals surface area contributed by atoms with Crippen molar-refractivity contribution in [2.75, 3.05) is 13.2 Å². The second-order valence-electron chi connectivity index (χ2n) is 6.17. The van der Waals surface area contributed by atoms with E-state index in [1.54, 1.807) is 6.07 Å². The third kappa shape index (κ3) is 5.01. The standard InChI is InChI=1S/C16H26N2O3/c1-6-17-15(16(3,4)5)11-12-8-9-13(18(19)20)14(10-12)21-7-2/h8-10,15,17H,6-7,11H2,1-5H3. The Morgan fingerprint density at radius 1 is 1.33 bits per heavy atom. The molecule has 0 aliphatic heterocycles. The molecule has 0 radical (unpaired) electrons. The molecule has 0 spiro atoms. The molecule has 1 unspecified atom stereocenters. The fourth-order valence-corrected chi connectivity index (χ4v) is 2.27. The van der Waals surface area contributed by atoms with Crippen molar-refractivity contribution in [2.45, 2.75) is 47.1 Å². The minimum absolute atomic E-state index is 0.0244. The predicted molar refractivity (Wildman–Crippen MR) is 84.9 cm³/mol. The lowest BCUT2D eigenvalue weighted by molar-refractivity contribution is -0.385. The lowest BCUT2D eigenvalue weighted by atomic mass is 9.83. The Morgan fingerprint density at radius 2 is 2.00 bits per heavy atom. The molecule has 21 heavy (non-hydrogen) atoms. The molecule has 5 heteroatoms. The summed E-state index contributed by atoms with van der Waals surface area (Å²) in [6.07, 6.45) is 0.815. The first-order valence-electron chi connectivity index (χ1n) is 7.43. The quantitative estimate of drug-likeness (QED) is 0.617. The number of nitro benzene ring substituents is 1. The van der Waals surface area contributed by atoms with Crippen LogP contribution in [0.5, 0.6) is 5.75 Å². The topological polar surface area (TPSA) is 64.4 Å². The summed E-state index contributed by atoms with van der Waals surface area (Å²) in [5, 5.41) is 14.5. The largest absolute Gasteiger partial charge is 0.487 e. The van der Waals surface area contributed by atoms with Gasteiger partial charge in [0.1, 0.15) is 0 Å². The van der Waals surface area contributed by atoms with Gasteiger partial charge in [-0.25, -0.2) is 0 Å². The maximum atomic E-state index is 11.0. The zero-order valence-corrected chi connectivity index (χ0v) is 13.6. The zero-order valence-electron chi connectivity index (χ0n) is 13.6. The second-order valence-corrected chi connectivity index (χ2v) is 6.17. The van der Waals surface area contributed by atoms with Gasteiger partial charge < -0.3 is 10.1 Å². The lowest BCUT2D eigenvalue weighted by Gasteiger charge is -2.31. The molecule has 0 heterocycles. The van der Waals surface area contributed by atoms with Gasteiger partial charge in [-0.1, -0.05) is 33.8 Å². The number of ether oxygens (including phenoxy) is 1. The highest BCUT2D eigenvalue weighted by molar-refractivity contribution is 5.48. The maximum Gasteiger partial charge on any atom is 0.310 e. The second kappa shape index (κ2) is 7.41. The Labute approximate surface area is 126 Å². The number of hydrogen-bond acceptors (Lipinski definition) is 4. The molecular formula is C16H26N2O3. The molecule has 0 fully saturated rings. The normalized spacial score (nSPS) is 13.0. The summed E-state index contributed by atoms with van der Waals surface area (Å²) in [6.45, 7) is 11.8. The van der Waals surface area contributed by atoms with Crippen molar-refractivity contribution in [3.8, 4) is 5.75 Å². The molecule has 1 aromatic rings. The summed E-state index contributed by atoms with van der Waals surface area (Å²) in [7, 11) is 0. The summed E-state index contributed by atoms with van der Waals surface area (Å²) in [4.78, 5) is 10.6. The van der Waals surface area contributed by atoms with Crippen molar-refractivity contribution in [2.24, 2.45) is 5.41 Å². The average Bonchev–Trinajstić information content (AvgIpc) is 2.37. The monoisotopic (exact) mass is 294 g/mol. The van der Waals surface area contributed by atoms with Crippen molar-refractivity contribution < 1.29 is 9.66 Å². The third-order valence-corrected chi connectivity index (χ3v) is 3.46. The summed E-state index contributed by atoms with van der Waals surface area (Å²) in [5.74, 6) is 0.351. The smallest absolute Gasteiger partial charge is 0.310 e. The van der Waals surface area contributed by atoms with Crippen molar-refractivity contribution >= 4 is 5.69 Å². The molecule has 1 atom stereocenters. The lowest BCUT2D eigenvalue weighted by Crippen LogP contribution is -2.41. The van der Waals surface area contributed by atoms with E-state index in [1.807, 2.05) is 13.0 Å². The molecule has 1 N–H and O–H groups in total. The van der Waals surface area contributed by atoms with E-state index in [2.05, 4.69) is 33.0 Å². The van der Waals surface area contributed by atoms with Crippen LogP contribution in [0.15, 0.2) is 18.2 Å². The highest BCUT2D eigenvalue weighted by Gasteiger charge is 2.25. The number of nitrogens with one attached hydrogen (secondary N) is 1. The minimum atomic E-state index is -0.402. The molecule has 118 valence electrons. The van der Waals surface area contributed by atoms with Gasteiger partial charge in [0, 0.05) is 12.1 Å². The summed E-state index contributed by atoms with van der Waals surface area (Å²) >= 11 is 0. The van der Waals surface area contributed by atoms with E-state index in [-0.39, 0.29) is 11.1 Å². The van der Waals surface area contributed by atoms with E-state index >= 15 is 0 Å². The third-order valence-electron chi connectivity index (χ3n) is 3.46. The van der Waals surface area contributed by atoms with Crippen LogP contribution in [0.4, 0.5) is 5.69 Å². The van der Waals surface area contributed by atoms with Crippen LogP contribution in [0.3, 0.4) is 0 Å². The summed E-state index contributed by atoms with van der Waals surface area (Å²) in [5.41, 5.74) is 1.19. The predicted octanol–water partition coefficient (Wildman–Crippen LogP) is 3.56. The highest BCUT2D eigenvalue weighted by Crippen LogP contribution is 2.30. The van der Waals surface area contributed by atoms with Crippen LogP contribution < -0.4 is 10.1 Å². The number of likely N-dealkylation sites (N-methyl/N-ethyl adjacent to an activating group) is 1. The molecule has 0 saturated heterocycles.